The van der Waals surface area contributed by atoms with Gasteiger partial charge in [0.25, 0.3) is 0 Å². The topological polar surface area (TPSA) is 29.3 Å². The van der Waals surface area contributed by atoms with Crippen molar-refractivity contribution in [3.63, 3.8) is 0 Å². The van der Waals surface area contributed by atoms with Crippen molar-refractivity contribution in [3.05, 3.63) is 35.6 Å². The van der Waals surface area contributed by atoms with E-state index in [4.69, 9.17) is 5.73 Å². The number of nitrogens with two attached hydrogens (primary N) is 1. The standard InChI is InChI=1S/C10H15FN2/c1-13(2)10(7-12)8-5-3-4-6-9(8)11/h3-6,10H,7,12H2,1-2H3/t10-/m1/s1. The Morgan fingerprint density at radius 2 is 2.00 bits per heavy atom. The van der Waals surface area contributed by atoms with E-state index in [1.165, 1.54) is 6.07 Å². The molecule has 72 valence electrons. The first-order chi connectivity index (χ1) is 6.16. The van der Waals surface area contributed by atoms with Gasteiger partial charge < -0.3 is 10.6 Å². The zero-order valence-corrected chi connectivity index (χ0v) is 8.00. The fraction of sp³-hybridized carbons (Fsp3) is 0.400. The van der Waals surface area contributed by atoms with Crippen molar-refractivity contribution < 1.29 is 4.39 Å². The van der Waals surface area contributed by atoms with Crippen molar-refractivity contribution in [1.82, 2.24) is 4.90 Å². The first-order valence-electron chi connectivity index (χ1n) is 4.27. The second-order valence-corrected chi connectivity index (χ2v) is 3.24. The summed E-state index contributed by atoms with van der Waals surface area (Å²) in [7, 11) is 3.79. The highest BCUT2D eigenvalue weighted by Crippen LogP contribution is 2.19. The van der Waals surface area contributed by atoms with E-state index in [9.17, 15) is 4.39 Å². The lowest BCUT2D eigenvalue weighted by molar-refractivity contribution is 0.298. The summed E-state index contributed by atoms with van der Waals surface area (Å²) in [6.07, 6.45) is 0. The van der Waals surface area contributed by atoms with Crippen molar-refractivity contribution in [1.29, 1.82) is 0 Å². The zero-order chi connectivity index (χ0) is 9.84. The lowest BCUT2D eigenvalue weighted by Crippen LogP contribution is -2.27. The van der Waals surface area contributed by atoms with E-state index in [1.54, 1.807) is 12.1 Å². The van der Waals surface area contributed by atoms with Crippen LogP contribution in [0.25, 0.3) is 0 Å². The van der Waals surface area contributed by atoms with E-state index in [1.807, 2.05) is 25.1 Å². The maximum atomic E-state index is 13.3. The van der Waals surface area contributed by atoms with Crippen molar-refractivity contribution in [2.45, 2.75) is 6.04 Å². The first-order valence-corrected chi connectivity index (χ1v) is 4.27. The number of benzene rings is 1. The van der Waals surface area contributed by atoms with Crippen LogP contribution in [0.5, 0.6) is 0 Å². The quantitative estimate of drug-likeness (QED) is 0.765. The molecular formula is C10H15FN2. The number of nitrogens with zero attached hydrogens (tertiary/aromatic N) is 1. The highest BCUT2D eigenvalue weighted by Gasteiger charge is 2.14. The predicted molar refractivity (Wildman–Crippen MR) is 51.9 cm³/mol. The maximum absolute atomic E-state index is 13.3. The Bertz CT molecular complexity index is 273. The third-order valence-corrected chi connectivity index (χ3v) is 2.11. The molecule has 2 nitrogen and oxygen atoms in total. The number of hydrogen-bond donors (Lipinski definition) is 1. The molecule has 1 atom stereocenters. The van der Waals surface area contributed by atoms with Gasteiger partial charge in [-0.1, -0.05) is 18.2 Å². The van der Waals surface area contributed by atoms with E-state index in [0.717, 1.165) is 0 Å². The molecule has 1 rings (SSSR count). The van der Waals surface area contributed by atoms with Crippen molar-refractivity contribution in [3.8, 4) is 0 Å². The van der Waals surface area contributed by atoms with Crippen molar-refractivity contribution >= 4 is 0 Å². The minimum absolute atomic E-state index is 0.0406. The van der Waals surface area contributed by atoms with Gasteiger partial charge in [0.05, 0.1) is 0 Å². The van der Waals surface area contributed by atoms with Crippen LogP contribution in [0.3, 0.4) is 0 Å². The molecule has 0 aliphatic rings. The molecule has 0 heterocycles. The third kappa shape index (κ3) is 2.26. The summed E-state index contributed by atoms with van der Waals surface area (Å²) in [4.78, 5) is 1.92. The summed E-state index contributed by atoms with van der Waals surface area (Å²) < 4.78 is 13.3. The van der Waals surface area contributed by atoms with Gasteiger partial charge in [0.15, 0.2) is 0 Å². The summed E-state index contributed by atoms with van der Waals surface area (Å²) >= 11 is 0. The molecule has 0 bridgehead atoms. The van der Waals surface area contributed by atoms with Gasteiger partial charge in [0.2, 0.25) is 0 Å². The third-order valence-electron chi connectivity index (χ3n) is 2.11. The van der Waals surface area contributed by atoms with E-state index >= 15 is 0 Å². The normalized spacial score (nSPS) is 13.3. The van der Waals surface area contributed by atoms with Gasteiger partial charge in [-0.2, -0.15) is 0 Å². The van der Waals surface area contributed by atoms with Crippen molar-refractivity contribution in [2.24, 2.45) is 5.73 Å². The van der Waals surface area contributed by atoms with Gasteiger partial charge in [-0.05, 0) is 20.2 Å². The van der Waals surface area contributed by atoms with Crippen LogP contribution in [0, 0.1) is 5.82 Å². The molecule has 0 saturated carbocycles. The number of rotatable bonds is 3. The molecular weight excluding hydrogens is 167 g/mol. The molecule has 0 radical (unpaired) electrons. The van der Waals surface area contributed by atoms with E-state index in [-0.39, 0.29) is 11.9 Å². The lowest BCUT2D eigenvalue weighted by Gasteiger charge is -2.23. The summed E-state index contributed by atoms with van der Waals surface area (Å²) in [5.74, 6) is -0.188. The zero-order valence-electron chi connectivity index (χ0n) is 8.00. The van der Waals surface area contributed by atoms with Crippen molar-refractivity contribution in [2.75, 3.05) is 20.6 Å². The average molecular weight is 182 g/mol. The second kappa shape index (κ2) is 4.35. The number of likely N-dealkylation sites (N-methyl/N-ethyl adjacent to an activating group) is 1. The molecule has 3 heteroatoms. The Labute approximate surface area is 78.2 Å². The number of hydrogen-bond acceptors (Lipinski definition) is 2. The molecule has 0 unspecified atom stereocenters. The molecule has 0 aromatic heterocycles. The molecule has 0 amide bonds. The van der Waals surface area contributed by atoms with Gasteiger partial charge in [0.1, 0.15) is 5.82 Å². The van der Waals surface area contributed by atoms with E-state index < -0.39 is 0 Å². The fourth-order valence-electron chi connectivity index (χ4n) is 1.36. The van der Waals surface area contributed by atoms with Crippen LogP contribution < -0.4 is 5.73 Å². The lowest BCUT2D eigenvalue weighted by atomic mass is 10.1. The van der Waals surface area contributed by atoms with Gasteiger partial charge in [0, 0.05) is 18.2 Å². The first kappa shape index (κ1) is 10.2. The predicted octanol–water partition coefficient (Wildman–Crippen LogP) is 1.39. The van der Waals surface area contributed by atoms with Gasteiger partial charge >= 0.3 is 0 Å². The van der Waals surface area contributed by atoms with Crippen LogP contribution >= 0.6 is 0 Å². The van der Waals surface area contributed by atoms with Crippen LogP contribution in [-0.2, 0) is 0 Å². The monoisotopic (exact) mass is 182 g/mol. The number of halogens is 1. The Hall–Kier alpha value is -0.930. The summed E-state index contributed by atoms with van der Waals surface area (Å²) in [5.41, 5.74) is 6.23. The van der Waals surface area contributed by atoms with Crippen LogP contribution in [0.4, 0.5) is 4.39 Å². The van der Waals surface area contributed by atoms with E-state index in [2.05, 4.69) is 0 Å². The molecule has 0 spiro atoms. The minimum atomic E-state index is -0.188. The summed E-state index contributed by atoms with van der Waals surface area (Å²) in [6.45, 7) is 0.425. The molecule has 13 heavy (non-hydrogen) atoms. The molecule has 0 aliphatic heterocycles. The SMILES string of the molecule is CN(C)[C@H](CN)c1ccccc1F. The average Bonchev–Trinajstić information content (AvgIpc) is 2.09. The highest BCUT2D eigenvalue weighted by molar-refractivity contribution is 5.21. The van der Waals surface area contributed by atoms with Crippen LogP contribution in [0.1, 0.15) is 11.6 Å². The molecule has 0 aliphatic carbocycles. The smallest absolute Gasteiger partial charge is 0.128 e. The maximum Gasteiger partial charge on any atom is 0.128 e. The largest absolute Gasteiger partial charge is 0.329 e. The fourth-order valence-corrected chi connectivity index (χ4v) is 1.36. The second-order valence-electron chi connectivity index (χ2n) is 3.24. The van der Waals surface area contributed by atoms with Gasteiger partial charge in [-0.3, -0.25) is 0 Å². The summed E-state index contributed by atoms with van der Waals surface area (Å²) in [6, 6.07) is 6.70. The molecule has 0 saturated heterocycles. The van der Waals surface area contributed by atoms with Gasteiger partial charge in [-0.25, -0.2) is 4.39 Å². The Kier molecular flexibility index (Phi) is 3.39. The van der Waals surface area contributed by atoms with Gasteiger partial charge in [-0.15, -0.1) is 0 Å². The highest BCUT2D eigenvalue weighted by atomic mass is 19.1. The Balaban J connectivity index is 2.97. The molecule has 1 aromatic carbocycles. The summed E-state index contributed by atoms with van der Waals surface area (Å²) in [5, 5.41) is 0. The Morgan fingerprint density at radius 3 is 2.46 bits per heavy atom. The van der Waals surface area contributed by atoms with E-state index in [0.29, 0.717) is 12.1 Å². The molecule has 0 fully saturated rings. The van der Waals surface area contributed by atoms with Crippen LogP contribution in [-0.4, -0.2) is 25.5 Å². The molecule has 1 aromatic rings. The minimum Gasteiger partial charge on any atom is -0.329 e. The molecule has 2 N–H and O–H groups in total. The van der Waals surface area contributed by atoms with Crippen LogP contribution in [0.2, 0.25) is 0 Å². The Morgan fingerprint density at radius 1 is 1.38 bits per heavy atom. The van der Waals surface area contributed by atoms with Crippen LogP contribution in [0.15, 0.2) is 24.3 Å².